The zero-order valence-electron chi connectivity index (χ0n) is 13.1. The Morgan fingerprint density at radius 3 is 2.78 bits per heavy atom. The maximum Gasteiger partial charge on any atom is 0.173 e. The molecule has 1 atom stereocenters. The highest BCUT2D eigenvalue weighted by Crippen LogP contribution is 2.58. The largest absolute Gasteiger partial charge is 0.297 e. The number of Topliss-reactive ketones (excluding diaryl/α,β-unsaturated/α-hetero) is 1. The second-order valence-corrected chi connectivity index (χ2v) is 8.97. The van der Waals surface area contributed by atoms with Crippen molar-refractivity contribution in [2.45, 2.75) is 37.6 Å². The van der Waals surface area contributed by atoms with Crippen molar-refractivity contribution in [3.05, 3.63) is 34.2 Å². The smallest absolute Gasteiger partial charge is 0.173 e. The minimum Gasteiger partial charge on any atom is -0.297 e. The van der Waals surface area contributed by atoms with Crippen LogP contribution in [0.25, 0.3) is 10.1 Å². The maximum absolute atomic E-state index is 12.9. The maximum atomic E-state index is 12.9. The molecule has 6 rings (SSSR count). The molecule has 1 aromatic heterocycles. The van der Waals surface area contributed by atoms with Crippen molar-refractivity contribution in [2.24, 2.45) is 11.8 Å². The molecule has 1 saturated carbocycles. The van der Waals surface area contributed by atoms with Gasteiger partial charge in [-0.05, 0) is 74.2 Å². The van der Waals surface area contributed by atoms with Crippen LogP contribution >= 0.6 is 22.9 Å². The fourth-order valence-corrected chi connectivity index (χ4v) is 6.32. The molecule has 23 heavy (non-hydrogen) atoms. The SMILES string of the molecule is O=C(CC1C2CCN(CC2)C12CC2)c1cc2ccc(Cl)cc2s1. The van der Waals surface area contributed by atoms with Crippen molar-refractivity contribution in [1.29, 1.82) is 0 Å². The first kappa shape index (κ1) is 14.4. The van der Waals surface area contributed by atoms with Crippen molar-refractivity contribution >= 4 is 38.8 Å². The van der Waals surface area contributed by atoms with Crippen LogP contribution in [-0.4, -0.2) is 29.3 Å². The van der Waals surface area contributed by atoms with E-state index in [9.17, 15) is 4.79 Å². The van der Waals surface area contributed by atoms with Crippen LogP contribution in [0, 0.1) is 11.8 Å². The molecule has 2 aromatic rings. The normalized spacial score (nSPS) is 30.9. The fourth-order valence-electron chi connectivity index (χ4n) is 5.03. The van der Waals surface area contributed by atoms with E-state index < -0.39 is 0 Å². The van der Waals surface area contributed by atoms with Gasteiger partial charge in [-0.1, -0.05) is 17.7 Å². The van der Waals surface area contributed by atoms with Crippen LogP contribution in [-0.2, 0) is 0 Å². The summed E-state index contributed by atoms with van der Waals surface area (Å²) < 4.78 is 1.12. The van der Waals surface area contributed by atoms with E-state index in [1.54, 1.807) is 11.3 Å². The first-order valence-electron chi connectivity index (χ1n) is 8.63. The molecule has 2 bridgehead atoms. The van der Waals surface area contributed by atoms with E-state index in [2.05, 4.69) is 11.0 Å². The van der Waals surface area contributed by atoms with Crippen LogP contribution in [0.2, 0.25) is 5.02 Å². The highest BCUT2D eigenvalue weighted by atomic mass is 35.5. The summed E-state index contributed by atoms with van der Waals surface area (Å²) in [4.78, 5) is 16.5. The number of carbonyl (C=O) groups excluding carboxylic acids is 1. The van der Waals surface area contributed by atoms with Gasteiger partial charge in [-0.25, -0.2) is 0 Å². The number of piperidine rings is 3. The lowest BCUT2D eigenvalue weighted by atomic mass is 9.70. The van der Waals surface area contributed by atoms with Gasteiger partial charge in [0.2, 0.25) is 0 Å². The number of hydrogen-bond acceptors (Lipinski definition) is 3. The Morgan fingerprint density at radius 1 is 1.26 bits per heavy atom. The second-order valence-electron chi connectivity index (χ2n) is 7.45. The summed E-state index contributed by atoms with van der Waals surface area (Å²) in [6, 6.07) is 7.94. The van der Waals surface area contributed by atoms with E-state index in [0.29, 0.717) is 17.2 Å². The molecule has 1 aromatic carbocycles. The Labute approximate surface area is 145 Å². The number of fused-ring (bicyclic) bond motifs is 3. The van der Waals surface area contributed by atoms with Gasteiger partial charge in [0.15, 0.2) is 5.78 Å². The van der Waals surface area contributed by atoms with E-state index >= 15 is 0 Å². The van der Waals surface area contributed by atoms with E-state index in [-0.39, 0.29) is 0 Å². The first-order valence-corrected chi connectivity index (χ1v) is 9.82. The molecule has 3 saturated heterocycles. The topological polar surface area (TPSA) is 20.3 Å². The monoisotopic (exact) mass is 345 g/mol. The van der Waals surface area contributed by atoms with Crippen LogP contribution in [0.3, 0.4) is 0 Å². The second kappa shape index (κ2) is 5.05. The molecule has 1 spiro atoms. The Kier molecular flexibility index (Phi) is 3.17. The van der Waals surface area contributed by atoms with E-state index in [1.807, 2.05) is 18.2 Å². The van der Waals surface area contributed by atoms with Gasteiger partial charge in [0.25, 0.3) is 0 Å². The molecule has 0 radical (unpaired) electrons. The Hall–Kier alpha value is -0.900. The number of carbonyl (C=O) groups is 1. The van der Waals surface area contributed by atoms with Crippen LogP contribution in [0.1, 0.15) is 41.8 Å². The minimum absolute atomic E-state index is 0.340. The van der Waals surface area contributed by atoms with Crippen LogP contribution in [0.5, 0.6) is 0 Å². The van der Waals surface area contributed by atoms with E-state index in [0.717, 1.165) is 32.3 Å². The number of ketones is 1. The highest BCUT2D eigenvalue weighted by molar-refractivity contribution is 7.20. The Balaban J connectivity index is 1.42. The third kappa shape index (κ3) is 2.20. The third-order valence-corrected chi connectivity index (χ3v) is 7.73. The van der Waals surface area contributed by atoms with Crippen molar-refractivity contribution in [1.82, 2.24) is 4.90 Å². The molecule has 4 fully saturated rings. The molecular formula is C19H20ClNOS. The lowest BCUT2D eigenvalue weighted by molar-refractivity contribution is -0.0273. The summed E-state index contributed by atoms with van der Waals surface area (Å²) in [5, 5.41) is 1.88. The van der Waals surface area contributed by atoms with E-state index in [1.165, 1.54) is 38.8 Å². The van der Waals surface area contributed by atoms with Crippen molar-refractivity contribution in [3.63, 3.8) is 0 Å². The quantitative estimate of drug-likeness (QED) is 0.729. The predicted octanol–water partition coefficient (Wildman–Crippen LogP) is 5.00. The zero-order chi connectivity index (χ0) is 15.6. The first-order chi connectivity index (χ1) is 11.2. The van der Waals surface area contributed by atoms with Gasteiger partial charge in [-0.15, -0.1) is 11.3 Å². The average Bonchev–Trinajstić information content (AvgIpc) is 3.22. The lowest BCUT2D eigenvalue weighted by Gasteiger charge is -2.52. The molecule has 0 N–H and O–H groups in total. The summed E-state index contributed by atoms with van der Waals surface area (Å²) >= 11 is 7.67. The van der Waals surface area contributed by atoms with Gasteiger partial charge in [0, 0.05) is 21.7 Å². The number of hydrogen-bond donors (Lipinski definition) is 0. The van der Waals surface area contributed by atoms with Gasteiger partial charge >= 0.3 is 0 Å². The molecule has 4 heteroatoms. The van der Waals surface area contributed by atoms with Gasteiger partial charge in [-0.3, -0.25) is 9.69 Å². The van der Waals surface area contributed by atoms with Gasteiger partial charge < -0.3 is 0 Å². The summed E-state index contributed by atoms with van der Waals surface area (Å²) in [5.74, 6) is 1.70. The fraction of sp³-hybridized carbons (Fsp3) is 0.526. The zero-order valence-corrected chi connectivity index (χ0v) is 14.6. The van der Waals surface area contributed by atoms with Gasteiger partial charge in [0.1, 0.15) is 0 Å². The highest BCUT2D eigenvalue weighted by Gasteiger charge is 2.60. The molecule has 4 heterocycles. The molecule has 1 aliphatic carbocycles. The van der Waals surface area contributed by atoms with Crippen molar-refractivity contribution in [3.8, 4) is 0 Å². The van der Waals surface area contributed by atoms with Crippen LogP contribution in [0.15, 0.2) is 24.3 Å². The number of benzene rings is 1. The molecule has 3 aliphatic heterocycles. The summed E-state index contributed by atoms with van der Waals surface area (Å²) in [6.45, 7) is 2.52. The van der Waals surface area contributed by atoms with E-state index in [4.69, 9.17) is 11.6 Å². The summed E-state index contributed by atoms with van der Waals surface area (Å²) in [6.07, 6.45) is 5.94. The number of thiophene rings is 1. The van der Waals surface area contributed by atoms with Crippen molar-refractivity contribution in [2.75, 3.05) is 13.1 Å². The summed E-state index contributed by atoms with van der Waals surface area (Å²) in [7, 11) is 0. The number of nitrogens with zero attached hydrogens (tertiary/aromatic N) is 1. The molecule has 120 valence electrons. The average molecular weight is 346 g/mol. The Morgan fingerprint density at radius 2 is 2.04 bits per heavy atom. The molecule has 1 unspecified atom stereocenters. The minimum atomic E-state index is 0.340. The third-order valence-electron chi connectivity index (χ3n) is 6.35. The molecule has 0 amide bonds. The van der Waals surface area contributed by atoms with Crippen LogP contribution in [0.4, 0.5) is 0 Å². The molecular weight excluding hydrogens is 326 g/mol. The number of rotatable bonds is 3. The molecule has 4 aliphatic rings. The molecule has 2 nitrogen and oxygen atoms in total. The van der Waals surface area contributed by atoms with Crippen LogP contribution < -0.4 is 0 Å². The van der Waals surface area contributed by atoms with Gasteiger partial charge in [-0.2, -0.15) is 0 Å². The predicted molar refractivity (Wildman–Crippen MR) is 95.5 cm³/mol. The summed E-state index contributed by atoms with van der Waals surface area (Å²) in [5.41, 5.74) is 0.400. The van der Waals surface area contributed by atoms with Gasteiger partial charge in [0.05, 0.1) is 4.88 Å². The standard InChI is InChI=1S/C19H20ClNOS/c20-14-2-1-13-9-18(23-17(13)10-14)16(22)11-15-12-3-7-21(8-4-12)19(15)5-6-19/h1-2,9-10,12,15H,3-8,11H2. The van der Waals surface area contributed by atoms with Crippen molar-refractivity contribution < 1.29 is 4.79 Å². The number of halogens is 1. The lowest BCUT2D eigenvalue weighted by Crippen LogP contribution is -2.57. The Bertz CT molecular complexity index is 786.